The Morgan fingerprint density at radius 1 is 1.41 bits per heavy atom. The summed E-state index contributed by atoms with van der Waals surface area (Å²) >= 11 is 6.52. The molecule has 2 aromatic rings. The number of nitrogens with zero attached hydrogens (tertiary/aromatic N) is 2. The van der Waals surface area contributed by atoms with Gasteiger partial charge in [-0.15, -0.1) is 11.3 Å². The van der Waals surface area contributed by atoms with Crippen molar-refractivity contribution in [3.8, 4) is 0 Å². The number of nitrogens with one attached hydrogen (secondary N) is 1. The molecule has 88 valence electrons. The van der Waals surface area contributed by atoms with Crippen LogP contribution in [-0.2, 0) is 6.54 Å². The molecule has 6 heteroatoms. The van der Waals surface area contributed by atoms with Gasteiger partial charge in [0.15, 0.2) is 0 Å². The summed E-state index contributed by atoms with van der Waals surface area (Å²) in [5, 5.41) is 4.30. The third kappa shape index (κ3) is 3.21. The van der Waals surface area contributed by atoms with Crippen LogP contribution >= 0.6 is 23.6 Å². The number of rotatable bonds is 4. The van der Waals surface area contributed by atoms with Gasteiger partial charge in [-0.2, -0.15) is 0 Å². The average molecular weight is 264 g/mol. The van der Waals surface area contributed by atoms with E-state index < -0.39 is 0 Å². The highest BCUT2D eigenvalue weighted by Crippen LogP contribution is 2.13. The molecule has 0 aromatic carbocycles. The SMILES string of the molecule is Cc1cnc(CNc2ccc(C(N)=S)nc2)s1. The van der Waals surface area contributed by atoms with Crippen LogP contribution in [0, 0.1) is 6.92 Å². The Morgan fingerprint density at radius 3 is 2.76 bits per heavy atom. The van der Waals surface area contributed by atoms with E-state index in [-0.39, 0.29) is 0 Å². The minimum Gasteiger partial charge on any atom is -0.388 e. The molecular formula is C11H12N4S2. The van der Waals surface area contributed by atoms with Gasteiger partial charge >= 0.3 is 0 Å². The molecule has 4 nitrogen and oxygen atoms in total. The Morgan fingerprint density at radius 2 is 2.24 bits per heavy atom. The Balaban J connectivity index is 1.97. The molecule has 17 heavy (non-hydrogen) atoms. The van der Waals surface area contributed by atoms with E-state index in [1.54, 1.807) is 23.6 Å². The fraction of sp³-hybridized carbons (Fsp3) is 0.182. The minimum absolute atomic E-state index is 0.312. The van der Waals surface area contributed by atoms with Crippen LogP contribution in [0.15, 0.2) is 24.5 Å². The molecule has 2 aromatic heterocycles. The Bertz CT molecular complexity index is 519. The molecule has 0 unspecified atom stereocenters. The van der Waals surface area contributed by atoms with Crippen LogP contribution in [0.5, 0.6) is 0 Å². The predicted molar refractivity (Wildman–Crippen MR) is 74.3 cm³/mol. The summed E-state index contributed by atoms with van der Waals surface area (Å²) in [7, 11) is 0. The van der Waals surface area contributed by atoms with Crippen molar-refractivity contribution in [2.24, 2.45) is 5.73 Å². The molecule has 3 N–H and O–H groups in total. The Hall–Kier alpha value is -1.53. The third-order valence-corrected chi connectivity index (χ3v) is 3.25. The molecule has 0 saturated heterocycles. The standard InChI is InChI=1S/C11H12N4S2/c1-7-4-15-10(17-7)6-13-8-2-3-9(11(12)16)14-5-8/h2-5,13H,6H2,1H3,(H2,12,16). The lowest BCUT2D eigenvalue weighted by molar-refractivity contribution is 1.09. The molecule has 2 rings (SSSR count). The molecular weight excluding hydrogens is 252 g/mol. The second kappa shape index (κ2) is 5.20. The molecule has 0 aliphatic heterocycles. The first kappa shape index (κ1) is 11.9. The van der Waals surface area contributed by atoms with E-state index in [4.69, 9.17) is 18.0 Å². The molecule has 2 heterocycles. The van der Waals surface area contributed by atoms with Crippen LogP contribution in [0.25, 0.3) is 0 Å². The molecule has 0 spiro atoms. The van der Waals surface area contributed by atoms with Gasteiger partial charge in [0.1, 0.15) is 10.00 Å². The van der Waals surface area contributed by atoms with Crippen molar-refractivity contribution >= 4 is 34.2 Å². The summed E-state index contributed by atoms with van der Waals surface area (Å²) in [4.78, 5) is 9.95. The zero-order valence-corrected chi connectivity index (χ0v) is 10.9. The van der Waals surface area contributed by atoms with Crippen molar-refractivity contribution in [3.05, 3.63) is 40.1 Å². The summed E-state index contributed by atoms with van der Waals surface area (Å²) in [6.07, 6.45) is 3.59. The van der Waals surface area contributed by atoms with Crippen LogP contribution < -0.4 is 11.1 Å². The van der Waals surface area contributed by atoms with Crippen molar-refractivity contribution in [2.75, 3.05) is 5.32 Å². The lowest BCUT2D eigenvalue weighted by atomic mass is 10.3. The second-order valence-electron chi connectivity index (χ2n) is 3.51. The largest absolute Gasteiger partial charge is 0.388 e. The molecule has 0 saturated carbocycles. The fourth-order valence-corrected chi connectivity index (χ4v) is 2.15. The Kier molecular flexibility index (Phi) is 3.65. The van der Waals surface area contributed by atoms with Crippen LogP contribution in [0.2, 0.25) is 0 Å². The van der Waals surface area contributed by atoms with Crippen molar-refractivity contribution in [1.29, 1.82) is 0 Å². The highest BCUT2D eigenvalue weighted by Gasteiger charge is 2.00. The molecule has 0 atom stereocenters. The molecule has 0 fully saturated rings. The van der Waals surface area contributed by atoms with Gasteiger partial charge in [0, 0.05) is 11.1 Å². The summed E-state index contributed by atoms with van der Waals surface area (Å²) in [6, 6.07) is 3.71. The van der Waals surface area contributed by atoms with Crippen LogP contribution in [0.3, 0.4) is 0 Å². The normalized spacial score (nSPS) is 10.2. The number of thiazole rings is 1. The average Bonchev–Trinajstić information content (AvgIpc) is 2.73. The van der Waals surface area contributed by atoms with E-state index in [1.165, 1.54) is 4.88 Å². The monoisotopic (exact) mass is 264 g/mol. The number of thiocarbonyl (C=S) groups is 1. The number of aromatic nitrogens is 2. The zero-order valence-electron chi connectivity index (χ0n) is 9.30. The minimum atomic E-state index is 0.312. The summed E-state index contributed by atoms with van der Waals surface area (Å²) in [5.41, 5.74) is 7.04. The van der Waals surface area contributed by atoms with Crippen molar-refractivity contribution in [2.45, 2.75) is 13.5 Å². The molecule has 0 aliphatic carbocycles. The Labute approximate surface area is 109 Å². The van der Waals surface area contributed by atoms with Gasteiger partial charge < -0.3 is 11.1 Å². The van der Waals surface area contributed by atoms with E-state index >= 15 is 0 Å². The number of aryl methyl sites for hydroxylation is 1. The number of anilines is 1. The van der Waals surface area contributed by atoms with Crippen LogP contribution in [0.4, 0.5) is 5.69 Å². The first-order valence-corrected chi connectivity index (χ1v) is 6.28. The van der Waals surface area contributed by atoms with E-state index in [0.717, 1.165) is 10.7 Å². The lowest BCUT2D eigenvalue weighted by Crippen LogP contribution is -2.11. The maximum atomic E-state index is 5.47. The molecule has 0 radical (unpaired) electrons. The highest BCUT2D eigenvalue weighted by atomic mass is 32.1. The quantitative estimate of drug-likeness (QED) is 0.828. The molecule has 0 bridgehead atoms. The maximum absolute atomic E-state index is 5.47. The number of pyridine rings is 1. The molecule has 0 amide bonds. The van der Waals surface area contributed by atoms with E-state index in [9.17, 15) is 0 Å². The van der Waals surface area contributed by atoms with E-state index in [1.807, 2.05) is 19.2 Å². The fourth-order valence-electron chi connectivity index (χ4n) is 1.31. The third-order valence-electron chi connectivity index (χ3n) is 2.13. The molecule has 0 aliphatic rings. The van der Waals surface area contributed by atoms with Crippen LogP contribution in [0.1, 0.15) is 15.6 Å². The topological polar surface area (TPSA) is 63.8 Å². The highest BCUT2D eigenvalue weighted by molar-refractivity contribution is 7.80. The van der Waals surface area contributed by atoms with Gasteiger partial charge in [-0.1, -0.05) is 12.2 Å². The number of hydrogen-bond acceptors (Lipinski definition) is 5. The van der Waals surface area contributed by atoms with E-state index in [2.05, 4.69) is 15.3 Å². The van der Waals surface area contributed by atoms with E-state index in [0.29, 0.717) is 17.2 Å². The maximum Gasteiger partial charge on any atom is 0.122 e. The van der Waals surface area contributed by atoms with Gasteiger partial charge in [0.2, 0.25) is 0 Å². The van der Waals surface area contributed by atoms with Crippen LogP contribution in [-0.4, -0.2) is 15.0 Å². The predicted octanol–water partition coefficient (Wildman–Crippen LogP) is 2.09. The van der Waals surface area contributed by atoms with Gasteiger partial charge in [-0.3, -0.25) is 4.98 Å². The van der Waals surface area contributed by atoms with Gasteiger partial charge in [-0.05, 0) is 19.1 Å². The summed E-state index contributed by atoms with van der Waals surface area (Å²) in [6.45, 7) is 2.74. The van der Waals surface area contributed by atoms with Crippen molar-refractivity contribution in [1.82, 2.24) is 9.97 Å². The van der Waals surface area contributed by atoms with Crippen molar-refractivity contribution in [3.63, 3.8) is 0 Å². The summed E-state index contributed by atoms with van der Waals surface area (Å²) in [5.74, 6) is 0. The smallest absolute Gasteiger partial charge is 0.122 e. The zero-order chi connectivity index (χ0) is 12.3. The van der Waals surface area contributed by atoms with Crippen molar-refractivity contribution < 1.29 is 0 Å². The first-order chi connectivity index (χ1) is 8.15. The summed E-state index contributed by atoms with van der Waals surface area (Å²) < 4.78 is 0. The van der Waals surface area contributed by atoms with Gasteiger partial charge in [0.25, 0.3) is 0 Å². The van der Waals surface area contributed by atoms with Gasteiger partial charge in [-0.25, -0.2) is 4.98 Å². The van der Waals surface area contributed by atoms with Gasteiger partial charge in [0.05, 0.1) is 24.1 Å². The lowest BCUT2D eigenvalue weighted by Gasteiger charge is -2.04. The first-order valence-electron chi connectivity index (χ1n) is 5.06. The number of hydrogen-bond donors (Lipinski definition) is 2. The number of nitrogens with two attached hydrogens (primary N) is 1. The second-order valence-corrected chi connectivity index (χ2v) is 5.27.